The SMILES string of the molecule is O=C1C(=O)N(CCCn2ccnc2)[C@@H](c2ccc(F)cc2)/C1=C(\O)c1ccccc1. The molecular formula is C23H20FN3O3. The maximum absolute atomic E-state index is 13.5. The predicted octanol–water partition coefficient (Wildman–Crippen LogP) is 3.53. The van der Waals surface area contributed by atoms with Crippen LogP contribution in [0.3, 0.4) is 0 Å². The number of halogens is 1. The maximum atomic E-state index is 13.5. The van der Waals surface area contributed by atoms with Crippen LogP contribution < -0.4 is 0 Å². The highest BCUT2D eigenvalue weighted by Gasteiger charge is 2.45. The van der Waals surface area contributed by atoms with Crippen LogP contribution in [0.15, 0.2) is 78.9 Å². The van der Waals surface area contributed by atoms with E-state index < -0.39 is 23.5 Å². The zero-order valence-electron chi connectivity index (χ0n) is 16.1. The molecular weight excluding hydrogens is 385 g/mol. The van der Waals surface area contributed by atoms with E-state index in [2.05, 4.69) is 4.98 Å². The van der Waals surface area contributed by atoms with Crippen LogP contribution in [0.1, 0.15) is 23.6 Å². The van der Waals surface area contributed by atoms with Gasteiger partial charge in [0, 0.05) is 31.0 Å². The molecule has 0 unspecified atom stereocenters. The van der Waals surface area contributed by atoms with Crippen molar-refractivity contribution in [2.24, 2.45) is 0 Å². The van der Waals surface area contributed by atoms with E-state index in [4.69, 9.17) is 0 Å². The maximum Gasteiger partial charge on any atom is 0.295 e. The van der Waals surface area contributed by atoms with Crippen LogP contribution in [-0.4, -0.2) is 37.8 Å². The van der Waals surface area contributed by atoms with Gasteiger partial charge in [0.15, 0.2) is 0 Å². The molecule has 0 aliphatic carbocycles. The van der Waals surface area contributed by atoms with Crippen LogP contribution in [-0.2, 0) is 16.1 Å². The van der Waals surface area contributed by atoms with Crippen molar-refractivity contribution < 1.29 is 19.1 Å². The minimum atomic E-state index is -0.784. The van der Waals surface area contributed by atoms with E-state index in [-0.39, 0.29) is 11.3 Å². The summed E-state index contributed by atoms with van der Waals surface area (Å²) in [6.45, 7) is 0.925. The monoisotopic (exact) mass is 405 g/mol. The van der Waals surface area contributed by atoms with Gasteiger partial charge >= 0.3 is 0 Å². The fraction of sp³-hybridized carbons (Fsp3) is 0.174. The Morgan fingerprint density at radius 2 is 1.77 bits per heavy atom. The summed E-state index contributed by atoms with van der Waals surface area (Å²) in [6, 6.07) is 13.5. The Morgan fingerprint density at radius 1 is 1.03 bits per heavy atom. The number of amides is 1. The Labute approximate surface area is 172 Å². The molecule has 1 amide bonds. The molecule has 0 bridgehead atoms. The molecule has 2 aromatic carbocycles. The Bertz CT molecular complexity index is 1080. The third-order valence-electron chi connectivity index (χ3n) is 5.15. The number of rotatable bonds is 6. The van der Waals surface area contributed by atoms with Gasteiger partial charge in [-0.2, -0.15) is 0 Å². The third-order valence-corrected chi connectivity index (χ3v) is 5.15. The first kappa shape index (κ1) is 19.6. The summed E-state index contributed by atoms with van der Waals surface area (Å²) in [5.41, 5.74) is 1.03. The van der Waals surface area contributed by atoms with Gasteiger partial charge in [0.2, 0.25) is 0 Å². The lowest BCUT2D eigenvalue weighted by Crippen LogP contribution is -2.31. The van der Waals surface area contributed by atoms with E-state index in [1.54, 1.807) is 42.9 Å². The lowest BCUT2D eigenvalue weighted by atomic mass is 9.95. The van der Waals surface area contributed by atoms with Gasteiger partial charge in [-0.3, -0.25) is 9.59 Å². The normalized spacial score (nSPS) is 18.2. The van der Waals surface area contributed by atoms with E-state index >= 15 is 0 Å². The van der Waals surface area contributed by atoms with E-state index in [0.717, 1.165) is 0 Å². The standard InChI is InChI=1S/C23H20FN3O3/c24-18-9-7-16(8-10-18)20-19(21(28)17-5-2-1-3-6-17)22(29)23(30)27(20)13-4-12-26-14-11-25-15-26/h1-3,5-11,14-15,20,28H,4,12-13H2/b21-19+/t20-/m0/s1. The number of aryl methyl sites for hydroxylation is 1. The van der Waals surface area contributed by atoms with Gasteiger partial charge in [0.25, 0.3) is 11.7 Å². The Hall–Kier alpha value is -3.74. The lowest BCUT2D eigenvalue weighted by Gasteiger charge is -2.25. The molecule has 6 nitrogen and oxygen atoms in total. The number of imidazole rings is 1. The molecule has 0 saturated carbocycles. The molecule has 3 aromatic rings. The highest BCUT2D eigenvalue weighted by atomic mass is 19.1. The number of aliphatic hydroxyl groups excluding tert-OH is 1. The summed E-state index contributed by atoms with van der Waals surface area (Å²) in [6.07, 6.45) is 5.76. The number of benzene rings is 2. The first-order valence-corrected chi connectivity index (χ1v) is 9.61. The number of aromatic nitrogens is 2. The summed E-state index contributed by atoms with van der Waals surface area (Å²) in [5.74, 6) is -2.07. The van der Waals surface area contributed by atoms with Crippen LogP contribution in [0.2, 0.25) is 0 Å². The number of aliphatic hydroxyl groups is 1. The average molecular weight is 405 g/mol. The fourth-order valence-corrected chi connectivity index (χ4v) is 3.70. The zero-order valence-corrected chi connectivity index (χ0v) is 16.1. The Morgan fingerprint density at radius 3 is 2.43 bits per heavy atom. The summed E-state index contributed by atoms with van der Waals surface area (Å²) < 4.78 is 15.4. The smallest absolute Gasteiger partial charge is 0.295 e. The topological polar surface area (TPSA) is 75.4 Å². The Balaban J connectivity index is 1.72. The van der Waals surface area contributed by atoms with Gasteiger partial charge in [0.1, 0.15) is 11.6 Å². The number of Topliss-reactive ketones (excluding diaryl/α,β-unsaturated/α-hetero) is 1. The van der Waals surface area contributed by atoms with Crippen molar-refractivity contribution in [2.45, 2.75) is 19.0 Å². The third kappa shape index (κ3) is 3.74. The number of hydrogen-bond acceptors (Lipinski definition) is 4. The minimum absolute atomic E-state index is 0.0143. The molecule has 7 heteroatoms. The molecule has 0 spiro atoms. The molecule has 1 aliphatic heterocycles. The second kappa shape index (κ2) is 8.32. The fourth-order valence-electron chi connectivity index (χ4n) is 3.70. The first-order chi connectivity index (χ1) is 14.6. The van der Waals surface area contributed by atoms with Crippen LogP contribution >= 0.6 is 0 Å². The van der Waals surface area contributed by atoms with Crippen molar-refractivity contribution in [3.63, 3.8) is 0 Å². The van der Waals surface area contributed by atoms with Gasteiger partial charge in [-0.25, -0.2) is 9.37 Å². The van der Waals surface area contributed by atoms with Crippen molar-refractivity contribution in [2.75, 3.05) is 6.54 Å². The highest BCUT2D eigenvalue weighted by Crippen LogP contribution is 2.39. The van der Waals surface area contributed by atoms with Gasteiger partial charge in [-0.15, -0.1) is 0 Å². The second-order valence-electron chi connectivity index (χ2n) is 7.06. The number of hydrogen-bond donors (Lipinski definition) is 1. The molecule has 0 radical (unpaired) electrons. The van der Waals surface area contributed by atoms with E-state index in [9.17, 15) is 19.1 Å². The largest absolute Gasteiger partial charge is 0.507 e. The van der Waals surface area contributed by atoms with Crippen molar-refractivity contribution in [3.05, 3.63) is 95.8 Å². The van der Waals surface area contributed by atoms with Crippen LogP contribution in [0.25, 0.3) is 5.76 Å². The van der Waals surface area contributed by atoms with E-state index in [0.29, 0.717) is 30.6 Å². The number of nitrogens with zero attached hydrogens (tertiary/aromatic N) is 3. The summed E-state index contributed by atoms with van der Waals surface area (Å²) in [4.78, 5) is 31.1. The molecule has 1 aliphatic rings. The number of carbonyl (C=O) groups is 2. The summed E-state index contributed by atoms with van der Waals surface area (Å²) >= 11 is 0. The molecule has 1 aromatic heterocycles. The van der Waals surface area contributed by atoms with Gasteiger partial charge < -0.3 is 14.6 Å². The van der Waals surface area contributed by atoms with Gasteiger partial charge in [-0.1, -0.05) is 42.5 Å². The van der Waals surface area contributed by atoms with E-state index in [1.807, 2.05) is 10.8 Å². The first-order valence-electron chi connectivity index (χ1n) is 9.61. The number of likely N-dealkylation sites (tertiary alicyclic amines) is 1. The van der Waals surface area contributed by atoms with Gasteiger partial charge in [-0.05, 0) is 24.1 Å². The van der Waals surface area contributed by atoms with Crippen molar-refractivity contribution in [1.29, 1.82) is 0 Å². The molecule has 4 rings (SSSR count). The van der Waals surface area contributed by atoms with Crippen molar-refractivity contribution in [3.8, 4) is 0 Å². The minimum Gasteiger partial charge on any atom is -0.507 e. The summed E-state index contributed by atoms with van der Waals surface area (Å²) in [5, 5.41) is 10.9. The van der Waals surface area contributed by atoms with Crippen molar-refractivity contribution in [1.82, 2.24) is 14.5 Å². The highest BCUT2D eigenvalue weighted by molar-refractivity contribution is 6.46. The number of carbonyl (C=O) groups excluding carboxylic acids is 2. The molecule has 1 N–H and O–H groups in total. The quantitative estimate of drug-likeness (QED) is 0.387. The average Bonchev–Trinajstić information content (AvgIpc) is 3.37. The Kier molecular flexibility index (Phi) is 5.43. The molecule has 2 heterocycles. The van der Waals surface area contributed by atoms with Crippen LogP contribution in [0.5, 0.6) is 0 Å². The zero-order chi connectivity index (χ0) is 21.1. The molecule has 152 valence electrons. The predicted molar refractivity (Wildman–Crippen MR) is 109 cm³/mol. The molecule has 30 heavy (non-hydrogen) atoms. The van der Waals surface area contributed by atoms with Crippen LogP contribution in [0.4, 0.5) is 4.39 Å². The molecule has 1 saturated heterocycles. The van der Waals surface area contributed by atoms with Crippen LogP contribution in [0, 0.1) is 5.82 Å². The number of ketones is 1. The van der Waals surface area contributed by atoms with Crippen molar-refractivity contribution >= 4 is 17.4 Å². The second-order valence-corrected chi connectivity index (χ2v) is 7.06. The van der Waals surface area contributed by atoms with E-state index in [1.165, 1.54) is 29.2 Å². The van der Waals surface area contributed by atoms with Gasteiger partial charge in [0.05, 0.1) is 17.9 Å². The summed E-state index contributed by atoms with van der Waals surface area (Å²) in [7, 11) is 0. The molecule has 1 fully saturated rings. The molecule has 1 atom stereocenters. The lowest BCUT2D eigenvalue weighted by molar-refractivity contribution is -0.139.